The molecule has 0 radical (unpaired) electrons. The molecule has 1 aromatic carbocycles. The molecule has 0 bridgehead atoms. The minimum absolute atomic E-state index is 0.00468. The van der Waals surface area contributed by atoms with Crippen LogP contribution in [0.2, 0.25) is 0 Å². The van der Waals surface area contributed by atoms with Crippen molar-refractivity contribution in [1.29, 1.82) is 0 Å². The summed E-state index contributed by atoms with van der Waals surface area (Å²) in [6.07, 6.45) is 0. The van der Waals surface area contributed by atoms with Crippen LogP contribution in [0.25, 0.3) is 0 Å². The number of nitrogens with zero attached hydrogens (tertiary/aromatic N) is 1. The number of anilines is 1. The van der Waals surface area contributed by atoms with Crippen molar-refractivity contribution < 1.29 is 9.18 Å². The largest absolute Gasteiger partial charge is 0.310 e. The Morgan fingerprint density at radius 2 is 2.27 bits per heavy atom. The molecule has 0 aliphatic carbocycles. The monoisotopic (exact) mass is 208 g/mol. The highest BCUT2D eigenvalue weighted by Gasteiger charge is 2.21. The molecule has 1 aromatic rings. The first-order valence-corrected chi connectivity index (χ1v) is 4.96. The summed E-state index contributed by atoms with van der Waals surface area (Å²) in [6.45, 7) is 3.38. The summed E-state index contributed by atoms with van der Waals surface area (Å²) >= 11 is 0. The van der Waals surface area contributed by atoms with E-state index in [0.29, 0.717) is 24.3 Å². The van der Waals surface area contributed by atoms with Gasteiger partial charge in [0.2, 0.25) is 5.91 Å². The van der Waals surface area contributed by atoms with E-state index in [9.17, 15) is 9.18 Å². The lowest BCUT2D eigenvalue weighted by molar-refractivity contribution is -0.118. The Kier molecular flexibility index (Phi) is 2.68. The van der Waals surface area contributed by atoms with Crippen molar-refractivity contribution in [2.24, 2.45) is 0 Å². The second kappa shape index (κ2) is 3.98. The molecule has 1 aliphatic heterocycles. The number of hydrogen-bond donors (Lipinski definition) is 1. The van der Waals surface area contributed by atoms with Gasteiger partial charge in [-0.3, -0.25) is 4.79 Å². The minimum atomic E-state index is -0.265. The van der Waals surface area contributed by atoms with Crippen LogP contribution in [0, 0.1) is 12.7 Å². The van der Waals surface area contributed by atoms with Crippen molar-refractivity contribution in [3.05, 3.63) is 29.6 Å². The van der Waals surface area contributed by atoms with Gasteiger partial charge in [-0.05, 0) is 19.1 Å². The lowest BCUT2D eigenvalue weighted by atomic mass is 10.1. The summed E-state index contributed by atoms with van der Waals surface area (Å²) in [5.41, 5.74) is 1.22. The fourth-order valence-corrected chi connectivity index (χ4v) is 1.75. The number of rotatable bonds is 1. The molecule has 1 saturated heterocycles. The molecular weight excluding hydrogens is 195 g/mol. The summed E-state index contributed by atoms with van der Waals surface area (Å²) in [7, 11) is 0. The van der Waals surface area contributed by atoms with E-state index in [1.807, 2.05) is 0 Å². The molecule has 0 saturated carbocycles. The molecule has 1 N–H and O–H groups in total. The molecule has 0 aromatic heterocycles. The molecule has 80 valence electrons. The Labute approximate surface area is 87.9 Å². The molecule has 15 heavy (non-hydrogen) atoms. The van der Waals surface area contributed by atoms with Gasteiger partial charge in [0.15, 0.2) is 0 Å². The quantitative estimate of drug-likeness (QED) is 0.748. The molecule has 0 spiro atoms. The maximum absolute atomic E-state index is 13.3. The van der Waals surface area contributed by atoms with Crippen LogP contribution >= 0.6 is 0 Å². The second-order valence-corrected chi connectivity index (χ2v) is 3.61. The van der Waals surface area contributed by atoms with E-state index in [1.165, 1.54) is 6.07 Å². The normalized spacial score (nSPS) is 16.9. The van der Waals surface area contributed by atoms with Crippen LogP contribution in [0.4, 0.5) is 10.1 Å². The van der Waals surface area contributed by atoms with E-state index in [4.69, 9.17) is 0 Å². The van der Waals surface area contributed by atoms with E-state index in [-0.39, 0.29) is 11.7 Å². The first-order chi connectivity index (χ1) is 7.20. The molecular formula is C11H13FN2O. The number of halogens is 1. The number of nitrogens with one attached hydrogen (secondary N) is 1. The van der Waals surface area contributed by atoms with E-state index >= 15 is 0 Å². The molecule has 1 amide bonds. The first-order valence-electron chi connectivity index (χ1n) is 4.96. The van der Waals surface area contributed by atoms with Gasteiger partial charge in [0.1, 0.15) is 5.82 Å². The average Bonchev–Trinajstić information content (AvgIpc) is 2.23. The zero-order valence-corrected chi connectivity index (χ0v) is 8.59. The summed E-state index contributed by atoms with van der Waals surface area (Å²) < 4.78 is 13.3. The van der Waals surface area contributed by atoms with Crippen LogP contribution in [0.1, 0.15) is 5.56 Å². The van der Waals surface area contributed by atoms with Crippen molar-refractivity contribution in [1.82, 2.24) is 5.32 Å². The fourth-order valence-electron chi connectivity index (χ4n) is 1.75. The van der Waals surface area contributed by atoms with Gasteiger partial charge in [0.25, 0.3) is 0 Å². The number of carbonyl (C=O) groups is 1. The van der Waals surface area contributed by atoms with E-state index in [2.05, 4.69) is 5.32 Å². The van der Waals surface area contributed by atoms with E-state index in [1.54, 1.807) is 24.0 Å². The van der Waals surface area contributed by atoms with Crippen LogP contribution in [-0.4, -0.2) is 25.5 Å². The lowest BCUT2D eigenvalue weighted by Gasteiger charge is -2.28. The van der Waals surface area contributed by atoms with Gasteiger partial charge < -0.3 is 10.2 Å². The third-order valence-electron chi connectivity index (χ3n) is 2.62. The Morgan fingerprint density at radius 1 is 1.47 bits per heavy atom. The van der Waals surface area contributed by atoms with Crippen molar-refractivity contribution >= 4 is 11.6 Å². The highest BCUT2D eigenvalue weighted by Crippen LogP contribution is 2.22. The predicted molar refractivity (Wildman–Crippen MR) is 56.4 cm³/mol. The third-order valence-corrected chi connectivity index (χ3v) is 2.62. The van der Waals surface area contributed by atoms with E-state index in [0.717, 1.165) is 6.54 Å². The summed E-state index contributed by atoms with van der Waals surface area (Å²) in [4.78, 5) is 13.2. The van der Waals surface area contributed by atoms with Crippen LogP contribution in [0.15, 0.2) is 18.2 Å². The summed E-state index contributed by atoms with van der Waals surface area (Å²) in [5, 5.41) is 2.98. The minimum Gasteiger partial charge on any atom is -0.310 e. The van der Waals surface area contributed by atoms with E-state index < -0.39 is 0 Å². The molecule has 4 heteroatoms. The molecule has 0 atom stereocenters. The molecule has 1 aliphatic rings. The number of piperazine rings is 1. The van der Waals surface area contributed by atoms with Gasteiger partial charge >= 0.3 is 0 Å². The number of benzene rings is 1. The van der Waals surface area contributed by atoms with Crippen molar-refractivity contribution in [3.8, 4) is 0 Å². The average molecular weight is 208 g/mol. The van der Waals surface area contributed by atoms with Crippen molar-refractivity contribution in [3.63, 3.8) is 0 Å². The van der Waals surface area contributed by atoms with Crippen molar-refractivity contribution in [2.45, 2.75) is 6.92 Å². The predicted octanol–water partition coefficient (Wildman–Crippen LogP) is 1.07. The lowest BCUT2D eigenvalue weighted by Crippen LogP contribution is -2.48. The topological polar surface area (TPSA) is 32.3 Å². The van der Waals surface area contributed by atoms with Gasteiger partial charge in [-0.2, -0.15) is 0 Å². The van der Waals surface area contributed by atoms with Gasteiger partial charge in [0, 0.05) is 24.3 Å². The molecule has 2 rings (SSSR count). The fraction of sp³-hybridized carbons (Fsp3) is 0.364. The van der Waals surface area contributed by atoms with Crippen LogP contribution in [0.5, 0.6) is 0 Å². The summed E-state index contributed by atoms with van der Waals surface area (Å²) in [6, 6.07) is 4.82. The Balaban J connectivity index is 2.35. The van der Waals surface area contributed by atoms with Gasteiger partial charge in [-0.15, -0.1) is 0 Å². The van der Waals surface area contributed by atoms with Crippen LogP contribution in [0.3, 0.4) is 0 Å². The standard InChI is InChI=1S/C11H13FN2O/c1-8-9(12)3-2-4-10(8)14-6-5-13-7-11(14)15/h2-4,13H,5-7H2,1H3. The highest BCUT2D eigenvalue weighted by atomic mass is 19.1. The van der Waals surface area contributed by atoms with Crippen molar-refractivity contribution in [2.75, 3.05) is 24.5 Å². The Bertz CT molecular complexity index is 392. The van der Waals surface area contributed by atoms with Gasteiger partial charge in [0.05, 0.1) is 6.54 Å². The highest BCUT2D eigenvalue weighted by molar-refractivity contribution is 5.96. The zero-order chi connectivity index (χ0) is 10.8. The molecule has 1 fully saturated rings. The first kappa shape index (κ1) is 10.1. The van der Waals surface area contributed by atoms with Crippen LogP contribution in [-0.2, 0) is 4.79 Å². The second-order valence-electron chi connectivity index (χ2n) is 3.61. The smallest absolute Gasteiger partial charge is 0.240 e. The Morgan fingerprint density at radius 3 is 3.00 bits per heavy atom. The number of amides is 1. The maximum atomic E-state index is 13.3. The number of carbonyl (C=O) groups excluding carboxylic acids is 1. The number of hydrogen-bond acceptors (Lipinski definition) is 2. The van der Waals surface area contributed by atoms with Gasteiger partial charge in [-0.25, -0.2) is 4.39 Å². The zero-order valence-electron chi connectivity index (χ0n) is 8.59. The summed E-state index contributed by atoms with van der Waals surface area (Å²) in [5.74, 6) is -0.270. The van der Waals surface area contributed by atoms with Gasteiger partial charge in [-0.1, -0.05) is 6.07 Å². The molecule has 3 nitrogen and oxygen atoms in total. The maximum Gasteiger partial charge on any atom is 0.240 e. The molecule has 1 heterocycles. The third kappa shape index (κ3) is 1.85. The SMILES string of the molecule is Cc1c(F)cccc1N1CCNCC1=O. The Hall–Kier alpha value is -1.42. The van der Waals surface area contributed by atoms with Crippen LogP contribution < -0.4 is 10.2 Å². The molecule has 0 unspecified atom stereocenters.